The van der Waals surface area contributed by atoms with E-state index in [9.17, 15) is 10.1 Å². The van der Waals surface area contributed by atoms with Crippen molar-refractivity contribution >= 4 is 62.0 Å². The van der Waals surface area contributed by atoms with Crippen molar-refractivity contribution in [2.24, 2.45) is 0 Å². The summed E-state index contributed by atoms with van der Waals surface area (Å²) >= 11 is 9.14. The quantitative estimate of drug-likeness (QED) is 0.112. The number of thiocarbonyl (C=S) groups is 1. The Bertz CT molecular complexity index is 1870. The Morgan fingerprint density at radius 2 is 1.64 bits per heavy atom. The average molecular weight is 607 g/mol. The second-order valence-electron chi connectivity index (χ2n) is 9.61. The zero-order chi connectivity index (χ0) is 28.6. The van der Waals surface area contributed by atoms with E-state index in [0.717, 1.165) is 42.2 Å². The number of benzene rings is 3. The lowest BCUT2D eigenvalue weighted by Crippen LogP contribution is -2.30. The fourth-order valence-electron chi connectivity index (χ4n) is 5.15. The summed E-state index contributed by atoms with van der Waals surface area (Å²) in [5.74, 6) is 0. The number of nitro groups is 1. The summed E-state index contributed by atoms with van der Waals surface area (Å²) in [7, 11) is 0. The number of anilines is 1. The highest BCUT2D eigenvalue weighted by Crippen LogP contribution is 2.43. The van der Waals surface area contributed by atoms with Gasteiger partial charge < -0.3 is 10.2 Å². The number of hydrogen-bond donors (Lipinski definition) is 1. The molecule has 0 amide bonds. The molecule has 1 N–H and O–H groups in total. The number of para-hydroxylation sites is 1. The molecular weight excluding hydrogens is 585 g/mol. The predicted molar refractivity (Wildman–Crippen MR) is 171 cm³/mol. The van der Waals surface area contributed by atoms with E-state index in [1.54, 1.807) is 41.4 Å². The van der Waals surface area contributed by atoms with Crippen LogP contribution in [0.5, 0.6) is 0 Å². The van der Waals surface area contributed by atoms with E-state index in [1.807, 2.05) is 60.8 Å². The van der Waals surface area contributed by atoms with Crippen molar-refractivity contribution in [1.29, 1.82) is 0 Å². The number of nitro benzene ring substituents is 1. The smallest absolute Gasteiger partial charge is 0.269 e. The molecule has 1 saturated heterocycles. The molecule has 0 bridgehead atoms. The van der Waals surface area contributed by atoms with Crippen LogP contribution in [0.4, 0.5) is 11.4 Å². The summed E-state index contributed by atoms with van der Waals surface area (Å²) in [5.41, 5.74) is 3.93. The number of rotatable bonds is 7. The maximum Gasteiger partial charge on any atom is 0.269 e. The predicted octanol–water partition coefficient (Wildman–Crippen LogP) is 7.72. The molecule has 1 aliphatic rings. The van der Waals surface area contributed by atoms with Crippen molar-refractivity contribution in [1.82, 2.24) is 19.9 Å². The first kappa shape index (κ1) is 26.3. The molecule has 1 fully saturated rings. The van der Waals surface area contributed by atoms with E-state index in [2.05, 4.69) is 44.0 Å². The first-order valence-corrected chi connectivity index (χ1v) is 15.2. The molecule has 11 heteroatoms. The third-order valence-electron chi connectivity index (χ3n) is 7.07. The zero-order valence-corrected chi connectivity index (χ0v) is 24.4. The zero-order valence-electron chi connectivity index (χ0n) is 21.9. The van der Waals surface area contributed by atoms with Gasteiger partial charge in [-0.1, -0.05) is 41.3 Å². The van der Waals surface area contributed by atoms with E-state index in [0.29, 0.717) is 5.11 Å². The molecule has 0 aliphatic carbocycles. The summed E-state index contributed by atoms with van der Waals surface area (Å²) in [5, 5.41) is 16.0. The number of nitrogens with zero attached hydrogens (tertiary/aromatic N) is 5. The molecular formula is C31H22N6O2S3. The van der Waals surface area contributed by atoms with Crippen LogP contribution in [0.25, 0.3) is 15.3 Å². The number of non-ortho nitro benzene ring substituents is 1. The van der Waals surface area contributed by atoms with Crippen LogP contribution in [0.2, 0.25) is 0 Å². The number of thiazole rings is 1. The first-order chi connectivity index (χ1) is 20.5. The van der Waals surface area contributed by atoms with Crippen LogP contribution in [0.1, 0.15) is 23.5 Å². The Morgan fingerprint density at radius 3 is 2.36 bits per heavy atom. The molecule has 3 aromatic heterocycles. The van der Waals surface area contributed by atoms with Gasteiger partial charge in [0.2, 0.25) is 0 Å². The average Bonchev–Trinajstić information content (AvgIpc) is 3.75. The summed E-state index contributed by atoms with van der Waals surface area (Å²) < 4.78 is 3.28. The highest BCUT2D eigenvalue weighted by atomic mass is 32.2. The number of nitrogens with one attached hydrogen (secondary N) is 1. The van der Waals surface area contributed by atoms with Crippen LogP contribution in [0.15, 0.2) is 125 Å². The molecule has 6 aromatic rings. The van der Waals surface area contributed by atoms with E-state index in [-0.39, 0.29) is 17.8 Å². The minimum atomic E-state index is -0.391. The van der Waals surface area contributed by atoms with Crippen LogP contribution in [0.3, 0.4) is 0 Å². The number of pyridine rings is 1. The van der Waals surface area contributed by atoms with Crippen molar-refractivity contribution in [2.45, 2.75) is 21.9 Å². The second kappa shape index (κ2) is 11.0. The molecule has 0 radical (unpaired) electrons. The lowest BCUT2D eigenvalue weighted by Gasteiger charge is -2.28. The molecule has 206 valence electrons. The number of aromatic nitrogens is 3. The molecule has 4 heterocycles. The molecule has 3 aromatic carbocycles. The molecule has 42 heavy (non-hydrogen) atoms. The summed E-state index contributed by atoms with van der Waals surface area (Å²) in [6, 6.07) is 32.6. The molecule has 0 saturated carbocycles. The first-order valence-electron chi connectivity index (χ1n) is 13.1. The number of fused-ring (bicyclic) bond motifs is 1. The molecule has 1 aliphatic heterocycles. The highest BCUT2D eigenvalue weighted by molar-refractivity contribution is 7.99. The number of hydrogen-bond acceptors (Lipinski definition) is 7. The van der Waals surface area contributed by atoms with Crippen LogP contribution in [0, 0.1) is 10.1 Å². The summed E-state index contributed by atoms with van der Waals surface area (Å²) in [4.78, 5) is 24.3. The summed E-state index contributed by atoms with van der Waals surface area (Å²) in [6.45, 7) is 0. The van der Waals surface area contributed by atoms with Crippen molar-refractivity contribution in [3.05, 3.63) is 137 Å². The molecule has 8 nitrogen and oxygen atoms in total. The van der Waals surface area contributed by atoms with Gasteiger partial charge in [-0.25, -0.2) is 4.98 Å². The van der Waals surface area contributed by atoms with Gasteiger partial charge in [0.25, 0.3) is 5.69 Å². The minimum absolute atomic E-state index is 0.0776. The minimum Gasteiger partial charge on any atom is -0.351 e. The van der Waals surface area contributed by atoms with E-state index < -0.39 is 4.92 Å². The van der Waals surface area contributed by atoms with Crippen molar-refractivity contribution in [2.75, 3.05) is 4.90 Å². The normalized spacial score (nSPS) is 16.6. The van der Waals surface area contributed by atoms with Gasteiger partial charge in [-0.2, -0.15) is 0 Å². The van der Waals surface area contributed by atoms with Crippen LogP contribution in [-0.4, -0.2) is 24.6 Å². The SMILES string of the molecule is O=[N+]([O-])c1ccc(Sc2ccc(N3C(=S)NC(c4ccccn4)C3c3cccn3-c3nc4ccccc4s3)cc2)cc1. The van der Waals surface area contributed by atoms with Crippen LogP contribution in [-0.2, 0) is 0 Å². The Morgan fingerprint density at radius 1 is 0.905 bits per heavy atom. The van der Waals surface area contributed by atoms with E-state index >= 15 is 0 Å². The van der Waals surface area contributed by atoms with Gasteiger partial charge >= 0.3 is 0 Å². The Kier molecular flexibility index (Phi) is 6.90. The Labute approximate surface area is 254 Å². The molecule has 2 unspecified atom stereocenters. The Hall–Kier alpha value is -4.58. The second-order valence-corrected chi connectivity index (χ2v) is 12.2. The van der Waals surface area contributed by atoms with Gasteiger partial charge in [0, 0.05) is 40.0 Å². The Balaban J connectivity index is 1.25. The largest absolute Gasteiger partial charge is 0.351 e. The van der Waals surface area contributed by atoms with Crippen molar-refractivity contribution < 1.29 is 4.92 Å². The van der Waals surface area contributed by atoms with Gasteiger partial charge in [0.15, 0.2) is 10.2 Å². The van der Waals surface area contributed by atoms with Crippen LogP contribution < -0.4 is 10.2 Å². The van der Waals surface area contributed by atoms with E-state index in [4.69, 9.17) is 17.2 Å². The monoisotopic (exact) mass is 606 g/mol. The maximum absolute atomic E-state index is 11.0. The fourth-order valence-corrected chi connectivity index (χ4v) is 7.29. The van der Waals surface area contributed by atoms with E-state index in [1.165, 1.54) is 12.1 Å². The molecule has 7 rings (SSSR count). The lowest BCUT2D eigenvalue weighted by atomic mass is 10.0. The topological polar surface area (TPSA) is 89.1 Å². The molecule has 0 spiro atoms. The standard InChI is InChI=1S/C31H22N6O2S3/c38-37(39)21-12-16-23(17-13-21)41-22-14-10-20(11-15-22)36-29(28(34-30(36)40)25-7-3-4-18-32-25)26-8-5-19-35(26)31-33-24-6-1-2-9-27(24)42-31/h1-19,28-29H,(H,34,40). The van der Waals surface area contributed by atoms with Gasteiger partial charge in [0.1, 0.15) is 6.04 Å². The molecule has 2 atom stereocenters. The van der Waals surface area contributed by atoms with Gasteiger partial charge in [-0.05, 0) is 85.0 Å². The summed E-state index contributed by atoms with van der Waals surface area (Å²) in [6.07, 6.45) is 3.85. The fraction of sp³-hybridized carbons (Fsp3) is 0.0645. The van der Waals surface area contributed by atoms with Crippen LogP contribution >= 0.6 is 35.3 Å². The highest BCUT2D eigenvalue weighted by Gasteiger charge is 2.42. The maximum atomic E-state index is 11.0. The lowest BCUT2D eigenvalue weighted by molar-refractivity contribution is -0.384. The van der Waals surface area contributed by atoms with Crippen molar-refractivity contribution in [3.63, 3.8) is 0 Å². The van der Waals surface area contributed by atoms with Gasteiger partial charge in [0.05, 0.1) is 32.6 Å². The third-order valence-corrected chi connectivity index (χ3v) is 9.43. The van der Waals surface area contributed by atoms with Gasteiger partial charge in [-0.3, -0.25) is 19.7 Å². The van der Waals surface area contributed by atoms with Gasteiger partial charge in [-0.15, -0.1) is 0 Å². The third kappa shape index (κ3) is 4.91. The van der Waals surface area contributed by atoms with Crippen molar-refractivity contribution in [3.8, 4) is 5.13 Å².